The Bertz CT molecular complexity index is 613. The van der Waals surface area contributed by atoms with Crippen LogP contribution in [0.25, 0.3) is 0 Å². The number of phenols is 1. The lowest BCUT2D eigenvalue weighted by molar-refractivity contribution is -0.590. The molecule has 2 rings (SSSR count). The summed E-state index contributed by atoms with van der Waals surface area (Å²) < 4.78 is 5.45. The predicted molar refractivity (Wildman–Crippen MR) is 68.0 cm³/mol. The first-order valence-corrected chi connectivity index (χ1v) is 5.48. The summed E-state index contributed by atoms with van der Waals surface area (Å²) >= 11 is 0. The first kappa shape index (κ1) is 12.7. The number of nitrogens with one attached hydrogen (secondary N) is 1. The lowest BCUT2D eigenvalue weighted by atomic mass is 10.2. The van der Waals surface area contributed by atoms with Crippen LogP contribution in [0.2, 0.25) is 0 Å². The third-order valence-electron chi connectivity index (χ3n) is 2.52. The molecule has 0 saturated heterocycles. The van der Waals surface area contributed by atoms with Crippen LogP contribution >= 0.6 is 0 Å². The molecule has 1 heterocycles. The van der Waals surface area contributed by atoms with Gasteiger partial charge in [-0.05, 0) is 18.2 Å². The average Bonchev–Trinajstić information content (AvgIpc) is 2.41. The van der Waals surface area contributed by atoms with Crippen molar-refractivity contribution in [2.24, 2.45) is 0 Å². The maximum Gasteiger partial charge on any atom is 0.342 e. The summed E-state index contributed by atoms with van der Waals surface area (Å²) in [6.45, 7) is 0. The van der Waals surface area contributed by atoms with Crippen LogP contribution in [0, 0.1) is 5.21 Å². The SMILES string of the molecule is COc1ccc(C(=O)Nc2cccc[n+]2[O-])c(O)c1. The van der Waals surface area contributed by atoms with Crippen LogP contribution in [-0.4, -0.2) is 18.1 Å². The lowest BCUT2D eigenvalue weighted by Gasteiger charge is -2.08. The van der Waals surface area contributed by atoms with E-state index in [0.717, 1.165) is 0 Å². The molecule has 2 aromatic rings. The van der Waals surface area contributed by atoms with Crippen molar-refractivity contribution >= 4 is 11.7 Å². The van der Waals surface area contributed by atoms with Crippen LogP contribution in [0.5, 0.6) is 11.5 Å². The zero-order valence-electron chi connectivity index (χ0n) is 10.2. The summed E-state index contributed by atoms with van der Waals surface area (Å²) in [7, 11) is 1.46. The van der Waals surface area contributed by atoms with Crippen molar-refractivity contribution in [2.45, 2.75) is 0 Å². The number of ether oxygens (including phenoxy) is 1. The van der Waals surface area contributed by atoms with Crippen molar-refractivity contribution < 1.29 is 19.4 Å². The van der Waals surface area contributed by atoms with E-state index in [-0.39, 0.29) is 17.1 Å². The monoisotopic (exact) mass is 260 g/mol. The summed E-state index contributed by atoms with van der Waals surface area (Å²) in [5.41, 5.74) is 0.0599. The van der Waals surface area contributed by atoms with Crippen molar-refractivity contribution in [1.82, 2.24) is 0 Å². The third-order valence-corrected chi connectivity index (χ3v) is 2.52. The number of hydrogen-bond acceptors (Lipinski definition) is 4. The maximum atomic E-state index is 11.9. The van der Waals surface area contributed by atoms with E-state index in [0.29, 0.717) is 10.5 Å². The fraction of sp³-hybridized carbons (Fsp3) is 0.0769. The highest BCUT2D eigenvalue weighted by molar-refractivity contribution is 6.05. The molecule has 2 N–H and O–H groups in total. The molecule has 6 nitrogen and oxygen atoms in total. The van der Waals surface area contributed by atoms with Gasteiger partial charge in [0.1, 0.15) is 17.1 Å². The molecule has 0 unspecified atom stereocenters. The number of nitrogens with zero attached hydrogens (tertiary/aromatic N) is 1. The second-order valence-corrected chi connectivity index (χ2v) is 3.75. The Balaban J connectivity index is 2.23. The van der Waals surface area contributed by atoms with Gasteiger partial charge in [-0.3, -0.25) is 0 Å². The second-order valence-electron chi connectivity index (χ2n) is 3.75. The van der Waals surface area contributed by atoms with Crippen molar-refractivity contribution in [3.05, 3.63) is 53.4 Å². The number of anilines is 1. The van der Waals surface area contributed by atoms with Gasteiger partial charge >= 0.3 is 5.91 Å². The highest BCUT2D eigenvalue weighted by atomic mass is 16.5. The predicted octanol–water partition coefficient (Wildman–Crippen LogP) is 1.29. The van der Waals surface area contributed by atoms with Crippen molar-refractivity contribution in [1.29, 1.82) is 0 Å². The van der Waals surface area contributed by atoms with Gasteiger partial charge in [0.2, 0.25) is 0 Å². The molecule has 0 aliphatic heterocycles. The molecular formula is C13H12N2O4. The van der Waals surface area contributed by atoms with Crippen LogP contribution in [-0.2, 0) is 0 Å². The Morgan fingerprint density at radius 1 is 1.37 bits per heavy atom. The van der Waals surface area contributed by atoms with Gasteiger partial charge in [-0.15, -0.1) is 0 Å². The van der Waals surface area contributed by atoms with E-state index >= 15 is 0 Å². The third kappa shape index (κ3) is 2.74. The van der Waals surface area contributed by atoms with E-state index in [2.05, 4.69) is 5.32 Å². The Kier molecular flexibility index (Phi) is 3.51. The number of carbonyl (C=O) groups excluding carboxylic acids is 1. The molecule has 6 heteroatoms. The molecule has 1 amide bonds. The minimum atomic E-state index is -0.573. The molecular weight excluding hydrogens is 248 g/mol. The summed E-state index contributed by atoms with van der Waals surface area (Å²) in [4.78, 5) is 11.9. The minimum absolute atomic E-state index is 0.0599. The van der Waals surface area contributed by atoms with Gasteiger partial charge in [-0.2, -0.15) is 0 Å². The number of aromatic nitrogens is 1. The first-order valence-electron chi connectivity index (χ1n) is 5.48. The number of benzene rings is 1. The van der Waals surface area contributed by atoms with Gasteiger partial charge in [-0.1, -0.05) is 6.07 Å². The largest absolute Gasteiger partial charge is 0.711 e. The molecule has 98 valence electrons. The normalized spacial score (nSPS) is 9.95. The van der Waals surface area contributed by atoms with Crippen LogP contribution in [0.4, 0.5) is 5.82 Å². The van der Waals surface area contributed by atoms with E-state index in [1.165, 1.54) is 31.5 Å². The minimum Gasteiger partial charge on any atom is -0.711 e. The molecule has 1 aromatic carbocycles. The number of phenolic OH excluding ortho intramolecular Hbond substituents is 1. The van der Waals surface area contributed by atoms with Crippen molar-refractivity contribution in [3.63, 3.8) is 0 Å². The molecule has 1 aromatic heterocycles. The summed E-state index contributed by atoms with van der Waals surface area (Å²) in [6, 6.07) is 8.93. The maximum absolute atomic E-state index is 11.9. The summed E-state index contributed by atoms with van der Waals surface area (Å²) in [5.74, 6) is -0.267. The second kappa shape index (κ2) is 5.26. The highest BCUT2D eigenvalue weighted by Crippen LogP contribution is 2.23. The molecule has 0 bridgehead atoms. The summed E-state index contributed by atoms with van der Waals surface area (Å²) in [5, 5.41) is 23.5. The number of pyridine rings is 1. The van der Waals surface area contributed by atoms with E-state index in [1.807, 2.05) is 0 Å². The molecule has 0 saturated carbocycles. The Morgan fingerprint density at radius 2 is 2.16 bits per heavy atom. The first-order chi connectivity index (χ1) is 9.11. The number of hydrogen-bond donors (Lipinski definition) is 2. The fourth-order valence-corrected chi connectivity index (χ4v) is 1.54. The molecule has 0 spiro atoms. The number of carbonyl (C=O) groups is 1. The number of rotatable bonds is 3. The van der Waals surface area contributed by atoms with Crippen LogP contribution in [0.1, 0.15) is 10.4 Å². The van der Waals surface area contributed by atoms with Crippen LogP contribution in [0.3, 0.4) is 0 Å². The Labute approximate surface area is 109 Å². The molecule has 19 heavy (non-hydrogen) atoms. The standard InChI is InChI=1S/C13H12N2O4/c1-19-9-5-6-10(11(16)8-9)13(17)14-12-4-2-3-7-15(12)18/h2-8,16H,1H3,(H,14,17). The van der Waals surface area contributed by atoms with E-state index in [1.54, 1.807) is 18.2 Å². The number of amides is 1. The Morgan fingerprint density at radius 3 is 2.79 bits per heavy atom. The smallest absolute Gasteiger partial charge is 0.342 e. The average molecular weight is 260 g/mol. The zero-order chi connectivity index (χ0) is 13.8. The molecule has 0 aliphatic rings. The van der Waals surface area contributed by atoms with Gasteiger partial charge in [0.15, 0.2) is 0 Å². The lowest BCUT2D eigenvalue weighted by Crippen LogP contribution is -2.32. The number of aromatic hydroxyl groups is 1. The molecule has 0 fully saturated rings. The summed E-state index contributed by atoms with van der Waals surface area (Å²) in [6.07, 6.45) is 1.27. The quantitative estimate of drug-likeness (QED) is 0.643. The van der Waals surface area contributed by atoms with Crippen LogP contribution in [0.15, 0.2) is 42.6 Å². The highest BCUT2D eigenvalue weighted by Gasteiger charge is 2.17. The van der Waals surface area contributed by atoms with E-state index in [4.69, 9.17) is 4.74 Å². The van der Waals surface area contributed by atoms with Gasteiger partial charge in [-0.25, -0.2) is 14.8 Å². The molecule has 0 aliphatic carbocycles. The molecule has 0 radical (unpaired) electrons. The topological polar surface area (TPSA) is 85.5 Å². The molecule has 0 atom stereocenters. The zero-order valence-corrected chi connectivity index (χ0v) is 10.2. The van der Waals surface area contributed by atoms with Crippen molar-refractivity contribution in [3.8, 4) is 11.5 Å². The fourth-order valence-electron chi connectivity index (χ4n) is 1.54. The van der Waals surface area contributed by atoms with Crippen LogP contribution < -0.4 is 14.8 Å². The number of methoxy groups -OCH3 is 1. The van der Waals surface area contributed by atoms with E-state index in [9.17, 15) is 15.1 Å². The van der Waals surface area contributed by atoms with Gasteiger partial charge < -0.3 is 15.1 Å². The van der Waals surface area contributed by atoms with Crippen molar-refractivity contribution in [2.75, 3.05) is 12.4 Å². The Hall–Kier alpha value is -2.76. The van der Waals surface area contributed by atoms with Gasteiger partial charge in [0.25, 0.3) is 5.82 Å². The van der Waals surface area contributed by atoms with Gasteiger partial charge in [0.05, 0.1) is 13.3 Å². The van der Waals surface area contributed by atoms with Gasteiger partial charge in [0, 0.05) is 12.1 Å². The van der Waals surface area contributed by atoms with E-state index < -0.39 is 5.91 Å².